The molecule has 1 unspecified atom stereocenters. The lowest BCUT2D eigenvalue weighted by Crippen LogP contribution is -2.44. The number of hydrogen-bond donors (Lipinski definition) is 2. The first kappa shape index (κ1) is 17.4. The molecule has 0 aromatic heterocycles. The van der Waals surface area contributed by atoms with E-state index >= 15 is 0 Å². The molecule has 23 heavy (non-hydrogen) atoms. The zero-order valence-electron chi connectivity index (χ0n) is 12.7. The predicted molar refractivity (Wildman–Crippen MR) is 89.9 cm³/mol. The van der Waals surface area contributed by atoms with Crippen LogP contribution in [0.1, 0.15) is 25.5 Å². The van der Waals surface area contributed by atoms with Crippen molar-refractivity contribution >= 4 is 35.0 Å². The molecule has 2 N–H and O–H groups in total. The molecule has 0 bridgehead atoms. The van der Waals surface area contributed by atoms with Gasteiger partial charge in [-0.25, -0.2) is 4.79 Å². The van der Waals surface area contributed by atoms with Crippen LogP contribution < -0.4 is 15.4 Å². The van der Waals surface area contributed by atoms with Crippen LogP contribution in [-0.2, 0) is 4.79 Å². The van der Waals surface area contributed by atoms with Crippen LogP contribution in [0.3, 0.4) is 0 Å². The monoisotopic (exact) mass is 354 g/mol. The summed E-state index contributed by atoms with van der Waals surface area (Å²) in [7, 11) is 0. The van der Waals surface area contributed by atoms with E-state index in [4.69, 9.17) is 27.9 Å². The van der Waals surface area contributed by atoms with Crippen molar-refractivity contribution in [3.05, 3.63) is 51.7 Å². The molecule has 1 atom stereocenters. The number of urea groups is 1. The number of hydrogen-bond acceptors (Lipinski definition) is 3. The van der Waals surface area contributed by atoms with E-state index in [2.05, 4.69) is 17.2 Å². The van der Waals surface area contributed by atoms with Gasteiger partial charge in [0.1, 0.15) is 6.61 Å². The Morgan fingerprint density at radius 1 is 1.39 bits per heavy atom. The Morgan fingerprint density at radius 3 is 2.52 bits per heavy atom. The van der Waals surface area contributed by atoms with Gasteiger partial charge in [-0.2, -0.15) is 0 Å². The van der Waals surface area contributed by atoms with Gasteiger partial charge in [-0.15, -0.1) is 0 Å². The first-order chi connectivity index (χ1) is 10.8. The number of rotatable bonds is 5. The number of ketones is 1. The third kappa shape index (κ3) is 3.68. The van der Waals surface area contributed by atoms with Crippen molar-refractivity contribution in [2.45, 2.75) is 19.9 Å². The topological polar surface area (TPSA) is 67.4 Å². The highest BCUT2D eigenvalue weighted by molar-refractivity contribution is 6.37. The maximum Gasteiger partial charge on any atom is 0.319 e. The van der Waals surface area contributed by atoms with Gasteiger partial charge in [-0.05, 0) is 31.5 Å². The molecule has 1 aliphatic heterocycles. The standard InChI is InChI=1S/C16H16Cl2N2O3/c1-4-5-23-15-11(17)6-10(7-12(15)18)14-13(9(3)21)8(2)19-16(22)20-14/h4,6-7,14H,1,5H2,2-3H3,(H2,19,20,22). The van der Waals surface area contributed by atoms with Crippen molar-refractivity contribution in [2.75, 3.05) is 6.61 Å². The highest BCUT2D eigenvalue weighted by Gasteiger charge is 2.30. The van der Waals surface area contributed by atoms with Crippen molar-refractivity contribution in [1.82, 2.24) is 10.6 Å². The molecule has 7 heteroatoms. The van der Waals surface area contributed by atoms with E-state index in [-0.39, 0.29) is 12.4 Å². The van der Waals surface area contributed by atoms with E-state index in [9.17, 15) is 9.59 Å². The van der Waals surface area contributed by atoms with Gasteiger partial charge in [0.05, 0.1) is 16.1 Å². The number of Topliss-reactive ketones (excluding diaryl/α,β-unsaturated/α-hetero) is 1. The van der Waals surface area contributed by atoms with Crippen LogP contribution in [-0.4, -0.2) is 18.4 Å². The molecule has 0 spiro atoms. The molecule has 122 valence electrons. The predicted octanol–water partition coefficient (Wildman–Crippen LogP) is 3.78. The smallest absolute Gasteiger partial charge is 0.319 e. The summed E-state index contributed by atoms with van der Waals surface area (Å²) in [4.78, 5) is 23.7. The second-order valence-corrected chi connectivity index (χ2v) is 5.85. The van der Waals surface area contributed by atoms with Crippen molar-refractivity contribution < 1.29 is 14.3 Å². The maximum atomic E-state index is 11.9. The molecule has 0 fully saturated rings. The average Bonchev–Trinajstić information content (AvgIpc) is 2.44. The van der Waals surface area contributed by atoms with E-state index in [0.717, 1.165) is 0 Å². The Kier molecular flexibility index (Phi) is 5.34. The maximum absolute atomic E-state index is 11.9. The molecule has 0 radical (unpaired) electrons. The van der Waals surface area contributed by atoms with Crippen molar-refractivity contribution in [1.29, 1.82) is 0 Å². The first-order valence-corrected chi connectivity index (χ1v) is 7.62. The van der Waals surface area contributed by atoms with E-state index in [1.165, 1.54) is 6.92 Å². The number of nitrogens with one attached hydrogen (secondary N) is 2. The number of carbonyl (C=O) groups is 2. The summed E-state index contributed by atoms with van der Waals surface area (Å²) in [5, 5.41) is 5.88. The number of amides is 2. The summed E-state index contributed by atoms with van der Waals surface area (Å²) in [5.41, 5.74) is 1.56. The van der Waals surface area contributed by atoms with Crippen molar-refractivity contribution in [2.24, 2.45) is 0 Å². The summed E-state index contributed by atoms with van der Waals surface area (Å²) in [6, 6.07) is 2.23. The van der Waals surface area contributed by atoms with Crippen LogP contribution in [0.25, 0.3) is 0 Å². The van der Waals surface area contributed by atoms with Gasteiger partial charge in [-0.3, -0.25) is 4.79 Å². The Bertz CT molecular complexity index is 690. The lowest BCUT2D eigenvalue weighted by Gasteiger charge is -2.28. The minimum absolute atomic E-state index is 0.153. The van der Waals surface area contributed by atoms with Gasteiger partial charge < -0.3 is 15.4 Å². The molecular weight excluding hydrogens is 339 g/mol. The zero-order valence-corrected chi connectivity index (χ0v) is 14.2. The highest BCUT2D eigenvalue weighted by Crippen LogP contribution is 2.38. The fourth-order valence-corrected chi connectivity index (χ4v) is 3.05. The van der Waals surface area contributed by atoms with Gasteiger partial charge >= 0.3 is 6.03 Å². The molecule has 1 aromatic carbocycles. The van der Waals surface area contributed by atoms with Crippen molar-refractivity contribution in [3.63, 3.8) is 0 Å². The fraction of sp³-hybridized carbons (Fsp3) is 0.250. The minimum atomic E-state index is -0.621. The molecule has 2 amide bonds. The Labute approximate surface area is 144 Å². The first-order valence-electron chi connectivity index (χ1n) is 6.87. The van der Waals surface area contributed by atoms with Crippen LogP contribution in [0.4, 0.5) is 4.79 Å². The van der Waals surface area contributed by atoms with Crippen LogP contribution in [0.5, 0.6) is 5.75 Å². The van der Waals surface area contributed by atoms with Crippen LogP contribution in [0.15, 0.2) is 36.1 Å². The normalized spacial score (nSPS) is 17.4. The van der Waals surface area contributed by atoms with Gasteiger partial charge in [0.25, 0.3) is 0 Å². The fourth-order valence-electron chi connectivity index (χ4n) is 2.44. The van der Waals surface area contributed by atoms with Gasteiger partial charge in [0.15, 0.2) is 11.5 Å². The van der Waals surface area contributed by atoms with E-state index in [0.29, 0.717) is 32.6 Å². The van der Waals surface area contributed by atoms with E-state index < -0.39 is 12.1 Å². The number of allylic oxidation sites excluding steroid dienone is 1. The number of benzene rings is 1. The lowest BCUT2D eigenvalue weighted by molar-refractivity contribution is -0.114. The van der Waals surface area contributed by atoms with E-state index in [1.54, 1.807) is 25.1 Å². The van der Waals surface area contributed by atoms with Crippen LogP contribution in [0, 0.1) is 0 Å². The summed E-state index contributed by atoms with van der Waals surface area (Å²) >= 11 is 12.4. The second-order valence-electron chi connectivity index (χ2n) is 5.04. The third-order valence-electron chi connectivity index (χ3n) is 3.35. The molecule has 0 saturated heterocycles. The van der Waals surface area contributed by atoms with E-state index in [1.807, 2.05) is 0 Å². The summed E-state index contributed by atoms with van der Waals surface area (Å²) in [5.74, 6) is 0.182. The molecule has 0 saturated carbocycles. The molecule has 0 aliphatic carbocycles. The largest absolute Gasteiger partial charge is 0.486 e. The van der Waals surface area contributed by atoms with Gasteiger partial charge in [0.2, 0.25) is 0 Å². The minimum Gasteiger partial charge on any atom is -0.486 e. The SMILES string of the molecule is C=CCOc1c(Cl)cc(C2NC(=O)NC(C)=C2C(C)=O)cc1Cl. The number of carbonyl (C=O) groups excluding carboxylic acids is 2. The van der Waals surface area contributed by atoms with Crippen LogP contribution in [0.2, 0.25) is 10.0 Å². The van der Waals surface area contributed by atoms with Gasteiger partial charge in [0, 0.05) is 11.3 Å². The molecular formula is C16H16Cl2N2O3. The zero-order chi connectivity index (χ0) is 17.1. The third-order valence-corrected chi connectivity index (χ3v) is 3.91. The van der Waals surface area contributed by atoms with Crippen molar-refractivity contribution in [3.8, 4) is 5.75 Å². The molecule has 1 aliphatic rings. The molecule has 1 aromatic rings. The molecule has 2 rings (SSSR count). The lowest BCUT2D eigenvalue weighted by atomic mass is 9.93. The van der Waals surface area contributed by atoms with Crippen LogP contribution >= 0.6 is 23.2 Å². The average molecular weight is 355 g/mol. The number of ether oxygens (including phenoxy) is 1. The summed E-state index contributed by atoms with van der Waals surface area (Å²) in [6.07, 6.45) is 1.58. The Balaban J connectivity index is 2.48. The summed E-state index contributed by atoms with van der Waals surface area (Å²) < 4.78 is 5.42. The second kappa shape index (κ2) is 7.06. The Morgan fingerprint density at radius 2 is 2.00 bits per heavy atom. The number of halogens is 2. The highest BCUT2D eigenvalue weighted by atomic mass is 35.5. The molecule has 1 heterocycles. The van der Waals surface area contributed by atoms with Gasteiger partial charge in [-0.1, -0.05) is 35.9 Å². The molecule has 5 nitrogen and oxygen atoms in total. The quantitative estimate of drug-likeness (QED) is 0.790. The summed E-state index contributed by atoms with van der Waals surface area (Å²) in [6.45, 7) is 6.94. The Hall–Kier alpha value is -1.98.